The van der Waals surface area contributed by atoms with Crippen molar-refractivity contribution in [3.05, 3.63) is 39.9 Å². The van der Waals surface area contributed by atoms with Gasteiger partial charge in [0.1, 0.15) is 5.65 Å². The summed E-state index contributed by atoms with van der Waals surface area (Å²) in [6.07, 6.45) is 1.75. The second-order valence-corrected chi connectivity index (χ2v) is 3.01. The second kappa shape index (κ2) is 2.74. The predicted molar refractivity (Wildman–Crippen MR) is 50.6 cm³/mol. The van der Waals surface area contributed by atoms with E-state index in [1.165, 1.54) is 6.07 Å². The molecule has 0 spiro atoms. The molecule has 2 rings (SSSR count). The molecular weight excluding hydrogens is 166 g/mol. The number of aromatic nitrogens is 2. The zero-order valence-corrected chi connectivity index (χ0v) is 7.37. The first-order valence-corrected chi connectivity index (χ1v) is 4.12. The molecule has 2 heterocycles. The Labute approximate surface area is 75.0 Å². The van der Waals surface area contributed by atoms with Crippen molar-refractivity contribution in [1.82, 2.24) is 9.38 Å². The summed E-state index contributed by atoms with van der Waals surface area (Å²) in [6, 6.07) is 3.10. The molecule has 3 N–H and O–H groups in total. The number of aryl methyl sites for hydroxylation is 1. The number of nitrogens with two attached hydrogens (primary N) is 1. The fourth-order valence-electron chi connectivity index (χ4n) is 1.46. The summed E-state index contributed by atoms with van der Waals surface area (Å²) in [5.74, 6) is 0. The normalized spacial score (nSPS) is 10.9. The molecule has 0 radical (unpaired) electrons. The Morgan fingerprint density at radius 1 is 1.62 bits per heavy atom. The maximum Gasteiger partial charge on any atom is 0.183 e. The van der Waals surface area contributed by atoms with E-state index >= 15 is 0 Å². The predicted octanol–water partition coefficient (Wildman–Crippen LogP) is 0.395. The summed E-state index contributed by atoms with van der Waals surface area (Å²) in [5.41, 5.74) is 8.35. The Kier molecular flexibility index (Phi) is 1.70. The number of rotatable bonds is 1. The quantitative estimate of drug-likeness (QED) is 0.662. The molecule has 0 amide bonds. The van der Waals surface area contributed by atoms with E-state index in [-0.39, 0.29) is 5.43 Å². The highest BCUT2D eigenvalue weighted by atomic mass is 16.1. The minimum Gasteiger partial charge on any atom is -0.342 e. The van der Waals surface area contributed by atoms with Crippen LogP contribution in [0.1, 0.15) is 11.4 Å². The van der Waals surface area contributed by atoms with Gasteiger partial charge in [0, 0.05) is 36.3 Å². The first kappa shape index (κ1) is 8.07. The molecule has 68 valence electrons. The van der Waals surface area contributed by atoms with Crippen LogP contribution in [0, 0.1) is 6.92 Å². The molecule has 0 aliphatic heterocycles. The van der Waals surface area contributed by atoms with Crippen molar-refractivity contribution in [2.75, 3.05) is 0 Å². The topological polar surface area (TPSA) is 63.3 Å². The zero-order valence-electron chi connectivity index (χ0n) is 7.37. The van der Waals surface area contributed by atoms with E-state index in [1.54, 1.807) is 12.3 Å². The van der Waals surface area contributed by atoms with E-state index in [9.17, 15) is 4.79 Å². The number of hydrogen-bond acceptors (Lipinski definition) is 2. The van der Waals surface area contributed by atoms with E-state index in [0.29, 0.717) is 6.54 Å². The molecular formula is C9H11N3O. The number of nitrogens with zero attached hydrogens (tertiary/aromatic N) is 1. The van der Waals surface area contributed by atoms with Crippen LogP contribution in [-0.2, 0) is 6.54 Å². The van der Waals surface area contributed by atoms with Crippen LogP contribution in [0.5, 0.6) is 0 Å². The molecule has 2 aromatic rings. The van der Waals surface area contributed by atoms with Crippen LogP contribution in [-0.4, -0.2) is 9.38 Å². The summed E-state index contributed by atoms with van der Waals surface area (Å²) < 4.78 is 1.92. The van der Waals surface area contributed by atoms with Gasteiger partial charge < -0.3 is 15.1 Å². The molecule has 4 nitrogen and oxygen atoms in total. The van der Waals surface area contributed by atoms with E-state index in [0.717, 1.165) is 17.0 Å². The van der Waals surface area contributed by atoms with Crippen molar-refractivity contribution >= 4 is 5.65 Å². The molecule has 0 atom stereocenters. The summed E-state index contributed by atoms with van der Waals surface area (Å²) in [5, 5.41) is 0. The standard InChI is InChI=1S/C9H11N3O/c1-6-8(5-10)11-9-4-7(13)2-3-12(6)9/h2-4,11H,5,10H2,1H3. The van der Waals surface area contributed by atoms with Gasteiger partial charge in [-0.25, -0.2) is 0 Å². The lowest BCUT2D eigenvalue weighted by atomic mass is 10.3. The highest BCUT2D eigenvalue weighted by molar-refractivity contribution is 5.42. The van der Waals surface area contributed by atoms with Gasteiger partial charge in [-0.05, 0) is 6.92 Å². The third-order valence-electron chi connectivity index (χ3n) is 2.21. The van der Waals surface area contributed by atoms with Gasteiger partial charge >= 0.3 is 0 Å². The first-order valence-electron chi connectivity index (χ1n) is 4.12. The molecule has 0 fully saturated rings. The largest absolute Gasteiger partial charge is 0.342 e. The van der Waals surface area contributed by atoms with Crippen LogP contribution in [0.3, 0.4) is 0 Å². The fourth-order valence-corrected chi connectivity index (χ4v) is 1.46. The van der Waals surface area contributed by atoms with Gasteiger partial charge in [0.2, 0.25) is 0 Å². The number of fused-ring (bicyclic) bond motifs is 1. The SMILES string of the molecule is Cc1c(CN)[nH]c2cc(=O)ccn12. The third kappa shape index (κ3) is 1.15. The maximum atomic E-state index is 11.0. The average Bonchev–Trinajstić information content (AvgIpc) is 2.42. The Bertz CT molecular complexity index is 495. The third-order valence-corrected chi connectivity index (χ3v) is 2.21. The lowest BCUT2D eigenvalue weighted by Gasteiger charge is -1.94. The van der Waals surface area contributed by atoms with Crippen LogP contribution >= 0.6 is 0 Å². The molecule has 4 heteroatoms. The molecule has 0 aliphatic carbocycles. The number of imidazole rings is 1. The highest BCUT2D eigenvalue weighted by Gasteiger charge is 2.03. The Morgan fingerprint density at radius 3 is 3.08 bits per heavy atom. The first-order chi connectivity index (χ1) is 6.22. The Balaban J connectivity index is 2.84. The molecule has 0 bridgehead atoms. The summed E-state index contributed by atoms with van der Waals surface area (Å²) in [4.78, 5) is 14.1. The van der Waals surface area contributed by atoms with Crippen LogP contribution in [0.25, 0.3) is 5.65 Å². The van der Waals surface area contributed by atoms with Gasteiger partial charge in [-0.1, -0.05) is 0 Å². The molecule has 13 heavy (non-hydrogen) atoms. The van der Waals surface area contributed by atoms with E-state index in [2.05, 4.69) is 4.98 Å². The van der Waals surface area contributed by atoms with E-state index < -0.39 is 0 Å². The van der Waals surface area contributed by atoms with Gasteiger partial charge in [-0.3, -0.25) is 4.79 Å². The molecule has 0 unspecified atom stereocenters. The lowest BCUT2D eigenvalue weighted by Crippen LogP contribution is -1.99. The molecule has 0 saturated heterocycles. The maximum absolute atomic E-state index is 11.0. The van der Waals surface area contributed by atoms with Crippen molar-refractivity contribution in [3.63, 3.8) is 0 Å². The van der Waals surface area contributed by atoms with Gasteiger partial charge in [0.25, 0.3) is 0 Å². The lowest BCUT2D eigenvalue weighted by molar-refractivity contribution is 0.982. The fraction of sp³-hybridized carbons (Fsp3) is 0.222. The number of pyridine rings is 1. The van der Waals surface area contributed by atoms with Crippen molar-refractivity contribution in [2.45, 2.75) is 13.5 Å². The second-order valence-electron chi connectivity index (χ2n) is 3.01. The van der Waals surface area contributed by atoms with Crippen LogP contribution in [0.15, 0.2) is 23.1 Å². The van der Waals surface area contributed by atoms with Gasteiger partial charge in [-0.2, -0.15) is 0 Å². The van der Waals surface area contributed by atoms with Gasteiger partial charge in [0.05, 0.1) is 0 Å². The zero-order chi connectivity index (χ0) is 9.42. The van der Waals surface area contributed by atoms with Crippen molar-refractivity contribution in [1.29, 1.82) is 0 Å². The number of H-pyrrole nitrogens is 1. The number of nitrogens with one attached hydrogen (secondary N) is 1. The minimum absolute atomic E-state index is 0.00446. The number of hydrogen-bond donors (Lipinski definition) is 2. The molecule has 2 aromatic heterocycles. The smallest absolute Gasteiger partial charge is 0.183 e. The highest BCUT2D eigenvalue weighted by Crippen LogP contribution is 2.08. The summed E-state index contributed by atoms with van der Waals surface area (Å²) in [7, 11) is 0. The Morgan fingerprint density at radius 2 is 2.38 bits per heavy atom. The minimum atomic E-state index is 0.00446. The number of aromatic amines is 1. The van der Waals surface area contributed by atoms with Crippen molar-refractivity contribution in [3.8, 4) is 0 Å². The van der Waals surface area contributed by atoms with Crippen LogP contribution < -0.4 is 11.2 Å². The Hall–Kier alpha value is -1.55. The van der Waals surface area contributed by atoms with Gasteiger partial charge in [0.15, 0.2) is 5.43 Å². The van der Waals surface area contributed by atoms with E-state index in [1.807, 2.05) is 11.3 Å². The monoisotopic (exact) mass is 177 g/mol. The average molecular weight is 177 g/mol. The van der Waals surface area contributed by atoms with Crippen molar-refractivity contribution < 1.29 is 0 Å². The van der Waals surface area contributed by atoms with E-state index in [4.69, 9.17) is 5.73 Å². The summed E-state index contributed by atoms with van der Waals surface area (Å²) in [6.45, 7) is 2.43. The molecule has 0 saturated carbocycles. The van der Waals surface area contributed by atoms with Crippen LogP contribution in [0.2, 0.25) is 0 Å². The molecule has 0 aromatic carbocycles. The van der Waals surface area contributed by atoms with Crippen LogP contribution in [0.4, 0.5) is 0 Å². The molecule has 0 aliphatic rings. The van der Waals surface area contributed by atoms with Gasteiger partial charge in [-0.15, -0.1) is 0 Å². The summed E-state index contributed by atoms with van der Waals surface area (Å²) >= 11 is 0. The van der Waals surface area contributed by atoms with Crippen molar-refractivity contribution in [2.24, 2.45) is 5.73 Å².